The molecule has 3 nitrogen and oxygen atoms in total. The molecule has 6 heteroatoms. The molecule has 3 aromatic carbocycles. The van der Waals surface area contributed by atoms with Gasteiger partial charge in [0.2, 0.25) is 0 Å². The number of aryl methyl sites for hydroxylation is 2. The Kier molecular flexibility index (Phi) is 4.81. The van der Waals surface area contributed by atoms with Crippen LogP contribution in [0.15, 0.2) is 54.6 Å². The van der Waals surface area contributed by atoms with Crippen LogP contribution < -0.4 is 5.32 Å². The smallest absolute Gasteiger partial charge is 0.367 e. The lowest BCUT2D eigenvalue weighted by atomic mass is 9.99. The van der Waals surface area contributed by atoms with Gasteiger partial charge in [0, 0.05) is 11.3 Å². The minimum absolute atomic E-state index is 0.136. The average Bonchev–Trinajstić information content (AvgIpc) is 3.07. The van der Waals surface area contributed by atoms with Crippen LogP contribution in [0.2, 0.25) is 0 Å². The average molecular weight is 385 g/mol. The molecule has 0 radical (unpaired) electrons. The van der Waals surface area contributed by atoms with Crippen molar-refractivity contribution in [2.75, 3.05) is 11.9 Å². The maximum Gasteiger partial charge on any atom is 0.411 e. The van der Waals surface area contributed by atoms with Gasteiger partial charge in [0.25, 0.3) is 5.91 Å². The molecule has 0 unspecified atom stereocenters. The molecule has 0 bridgehead atoms. The summed E-state index contributed by atoms with van der Waals surface area (Å²) < 4.78 is 41.0. The van der Waals surface area contributed by atoms with Crippen molar-refractivity contribution in [3.05, 3.63) is 76.9 Å². The van der Waals surface area contributed by atoms with Crippen LogP contribution in [0.5, 0.6) is 0 Å². The number of amides is 1. The van der Waals surface area contributed by atoms with Crippen molar-refractivity contribution in [3.8, 4) is 0 Å². The minimum atomic E-state index is -4.34. The van der Waals surface area contributed by atoms with Crippen molar-refractivity contribution in [1.29, 1.82) is 0 Å². The second-order valence-electron chi connectivity index (χ2n) is 6.87. The summed E-state index contributed by atoms with van der Waals surface area (Å²) in [7, 11) is 0. The first-order chi connectivity index (χ1) is 13.4. The Balaban J connectivity index is 1.47. The van der Waals surface area contributed by atoms with Gasteiger partial charge < -0.3 is 10.1 Å². The molecule has 1 N–H and O–H groups in total. The van der Waals surface area contributed by atoms with Crippen LogP contribution in [0.3, 0.4) is 0 Å². The Hall–Kier alpha value is -2.86. The summed E-state index contributed by atoms with van der Waals surface area (Å²) in [5.74, 6) is -0.211. The summed E-state index contributed by atoms with van der Waals surface area (Å²) in [6, 6.07) is 16.5. The van der Waals surface area contributed by atoms with Crippen LogP contribution in [0.4, 0.5) is 18.9 Å². The van der Waals surface area contributed by atoms with Gasteiger partial charge in [0.1, 0.15) is 6.61 Å². The zero-order valence-electron chi connectivity index (χ0n) is 15.0. The molecule has 0 heterocycles. The molecule has 0 aromatic heterocycles. The number of hydrogen-bond acceptors (Lipinski definition) is 2. The second kappa shape index (κ2) is 7.28. The highest BCUT2D eigenvalue weighted by atomic mass is 19.4. The van der Waals surface area contributed by atoms with Crippen molar-refractivity contribution in [3.63, 3.8) is 0 Å². The van der Waals surface area contributed by atoms with Gasteiger partial charge >= 0.3 is 6.18 Å². The van der Waals surface area contributed by atoms with Crippen LogP contribution in [-0.4, -0.2) is 18.7 Å². The molecule has 1 aliphatic rings. The molecule has 1 amide bonds. The molecule has 4 rings (SSSR count). The van der Waals surface area contributed by atoms with E-state index in [1.807, 2.05) is 24.3 Å². The first kappa shape index (κ1) is 18.5. The lowest BCUT2D eigenvalue weighted by Crippen LogP contribution is -2.16. The Morgan fingerprint density at radius 2 is 1.68 bits per heavy atom. The van der Waals surface area contributed by atoms with E-state index in [0.29, 0.717) is 16.8 Å². The number of anilines is 1. The third kappa shape index (κ3) is 3.87. The van der Waals surface area contributed by atoms with Crippen LogP contribution in [0.1, 0.15) is 27.0 Å². The fraction of sp³-hybridized carbons (Fsp3) is 0.227. The number of hydrogen-bond donors (Lipinski definition) is 1. The summed E-state index contributed by atoms with van der Waals surface area (Å²) in [5, 5.41) is 4.98. The molecule has 0 aliphatic heterocycles. The number of nitrogens with one attached hydrogen (secondary N) is 1. The predicted molar refractivity (Wildman–Crippen MR) is 101 cm³/mol. The molecule has 0 fully saturated rings. The maximum absolute atomic E-state index is 12.8. The third-order valence-corrected chi connectivity index (χ3v) is 4.87. The quantitative estimate of drug-likeness (QED) is 0.650. The Bertz CT molecular complexity index is 1020. The van der Waals surface area contributed by atoms with Gasteiger partial charge in [0.05, 0.1) is 6.61 Å². The van der Waals surface area contributed by atoms with Gasteiger partial charge in [-0.15, -0.1) is 0 Å². The van der Waals surface area contributed by atoms with Gasteiger partial charge in [-0.1, -0.05) is 36.4 Å². The van der Waals surface area contributed by atoms with Crippen molar-refractivity contribution >= 4 is 22.4 Å². The first-order valence-corrected chi connectivity index (χ1v) is 8.99. The van der Waals surface area contributed by atoms with Gasteiger partial charge in [-0.25, -0.2) is 0 Å². The van der Waals surface area contributed by atoms with E-state index in [1.54, 1.807) is 24.3 Å². The van der Waals surface area contributed by atoms with Crippen molar-refractivity contribution < 1.29 is 22.7 Å². The van der Waals surface area contributed by atoms with E-state index in [-0.39, 0.29) is 12.5 Å². The number of halogens is 3. The number of rotatable bonds is 5. The standard InChI is InChI=1S/C22H18F3NO2/c23-22(24,25)13-28-12-14-4-9-17(10-5-14)26-21(27)19-11-8-16-7-6-15-2-1-3-18(19)20(15)16/h1-5,8-11H,6-7,12-13H2,(H,26,27). The minimum Gasteiger partial charge on any atom is -0.367 e. The monoisotopic (exact) mass is 385 g/mol. The fourth-order valence-corrected chi connectivity index (χ4v) is 3.61. The van der Waals surface area contributed by atoms with E-state index < -0.39 is 12.8 Å². The first-order valence-electron chi connectivity index (χ1n) is 8.99. The number of alkyl halides is 3. The zero-order chi connectivity index (χ0) is 19.7. The molecular formula is C22H18F3NO2. The molecule has 0 spiro atoms. The predicted octanol–water partition coefficient (Wildman–Crippen LogP) is 5.27. The fourth-order valence-electron chi connectivity index (χ4n) is 3.61. The van der Waals surface area contributed by atoms with E-state index in [1.165, 1.54) is 16.5 Å². The van der Waals surface area contributed by atoms with Crippen LogP contribution in [-0.2, 0) is 24.2 Å². The maximum atomic E-state index is 12.8. The number of carbonyl (C=O) groups excluding carboxylic acids is 1. The third-order valence-electron chi connectivity index (χ3n) is 4.87. The second-order valence-corrected chi connectivity index (χ2v) is 6.87. The van der Waals surface area contributed by atoms with Crippen molar-refractivity contribution in [2.24, 2.45) is 0 Å². The van der Waals surface area contributed by atoms with Crippen LogP contribution >= 0.6 is 0 Å². The van der Waals surface area contributed by atoms with Gasteiger partial charge in [-0.2, -0.15) is 13.2 Å². The molecule has 1 aliphatic carbocycles. The van der Waals surface area contributed by atoms with Crippen LogP contribution in [0.25, 0.3) is 10.8 Å². The molecule has 3 aromatic rings. The number of carbonyl (C=O) groups is 1. The molecule has 0 saturated carbocycles. The normalized spacial score (nSPS) is 13.1. The molecule has 0 saturated heterocycles. The van der Waals surface area contributed by atoms with E-state index in [0.717, 1.165) is 18.2 Å². The topological polar surface area (TPSA) is 38.3 Å². The van der Waals surface area contributed by atoms with Crippen molar-refractivity contribution in [2.45, 2.75) is 25.6 Å². The Morgan fingerprint density at radius 1 is 0.964 bits per heavy atom. The Labute approximate surface area is 160 Å². The molecule has 0 atom stereocenters. The molecular weight excluding hydrogens is 367 g/mol. The van der Waals surface area contributed by atoms with E-state index in [2.05, 4.69) is 16.1 Å². The highest BCUT2D eigenvalue weighted by molar-refractivity contribution is 6.14. The summed E-state index contributed by atoms with van der Waals surface area (Å²) in [6.45, 7) is -1.42. The van der Waals surface area contributed by atoms with Gasteiger partial charge in [-0.05, 0) is 58.5 Å². The van der Waals surface area contributed by atoms with E-state index in [4.69, 9.17) is 0 Å². The summed E-state index contributed by atoms with van der Waals surface area (Å²) >= 11 is 0. The molecule has 144 valence electrons. The van der Waals surface area contributed by atoms with E-state index >= 15 is 0 Å². The zero-order valence-corrected chi connectivity index (χ0v) is 15.0. The largest absolute Gasteiger partial charge is 0.411 e. The summed E-state index contributed by atoms with van der Waals surface area (Å²) in [5.41, 5.74) is 4.33. The highest BCUT2D eigenvalue weighted by Crippen LogP contribution is 2.33. The lowest BCUT2D eigenvalue weighted by molar-refractivity contribution is -0.176. The summed E-state index contributed by atoms with van der Waals surface area (Å²) in [4.78, 5) is 12.8. The van der Waals surface area contributed by atoms with E-state index in [9.17, 15) is 18.0 Å². The van der Waals surface area contributed by atoms with Crippen molar-refractivity contribution in [1.82, 2.24) is 0 Å². The van der Waals surface area contributed by atoms with Gasteiger partial charge in [-0.3, -0.25) is 4.79 Å². The van der Waals surface area contributed by atoms with Gasteiger partial charge in [0.15, 0.2) is 0 Å². The Morgan fingerprint density at radius 3 is 2.39 bits per heavy atom. The molecule has 28 heavy (non-hydrogen) atoms. The summed E-state index contributed by atoms with van der Waals surface area (Å²) in [6.07, 6.45) is -2.35. The number of benzene rings is 3. The lowest BCUT2D eigenvalue weighted by Gasteiger charge is -2.11. The number of ether oxygens (including phenoxy) is 1. The SMILES string of the molecule is O=C(Nc1ccc(COCC(F)(F)F)cc1)c1ccc2c3c(cccc13)CC2. The van der Waals surface area contributed by atoms with Crippen LogP contribution in [0, 0.1) is 0 Å². The highest BCUT2D eigenvalue weighted by Gasteiger charge is 2.27.